The Bertz CT molecular complexity index is 2720. The number of pyridine rings is 1. The van der Waals surface area contributed by atoms with Gasteiger partial charge < -0.3 is 9.30 Å². The second kappa shape index (κ2) is 13.9. The minimum atomic E-state index is -3.64. The van der Waals surface area contributed by atoms with Gasteiger partial charge in [-0.15, -0.1) is 35.7 Å². The minimum Gasteiger partial charge on any atom is -0.509 e. The van der Waals surface area contributed by atoms with Gasteiger partial charge in [0.25, 0.3) is 0 Å². The molecule has 0 saturated carbocycles. The summed E-state index contributed by atoms with van der Waals surface area (Å²) in [6.07, 6.45) is 5.57. The van der Waals surface area contributed by atoms with E-state index in [-0.39, 0.29) is 36.3 Å². The monoisotopic (exact) mass is 895 g/mol. The number of rotatable bonds is 7. The molecule has 0 atom stereocenters. The zero-order chi connectivity index (χ0) is 36.2. The van der Waals surface area contributed by atoms with Crippen molar-refractivity contribution < 1.29 is 34.2 Å². The van der Waals surface area contributed by atoms with Crippen molar-refractivity contribution >= 4 is 31.6 Å². The predicted octanol–water partition coefficient (Wildman–Crippen LogP) is 10.2. The van der Waals surface area contributed by atoms with Crippen LogP contribution in [0.2, 0.25) is 0 Å². The number of benzene rings is 5. The van der Waals surface area contributed by atoms with E-state index < -0.39 is 9.84 Å². The Morgan fingerprint density at radius 3 is 2.21 bits per heavy atom. The first-order valence-electron chi connectivity index (χ1n) is 17.1. The van der Waals surface area contributed by atoms with Crippen LogP contribution in [0.3, 0.4) is 0 Å². The molecule has 0 spiro atoms. The zero-order valence-corrected chi connectivity index (χ0v) is 33.0. The molecule has 266 valence electrons. The first-order chi connectivity index (χ1) is 25.0. The van der Waals surface area contributed by atoms with Crippen molar-refractivity contribution in [1.29, 1.82) is 0 Å². The van der Waals surface area contributed by atoms with E-state index >= 15 is 0 Å². The van der Waals surface area contributed by atoms with E-state index in [9.17, 15) is 8.42 Å². The summed E-state index contributed by atoms with van der Waals surface area (Å²) in [6.45, 7) is 10.5. The van der Waals surface area contributed by atoms with Gasteiger partial charge in [-0.3, -0.25) is 4.68 Å². The van der Waals surface area contributed by atoms with Crippen LogP contribution in [0.1, 0.15) is 37.5 Å². The van der Waals surface area contributed by atoms with Gasteiger partial charge in [0.1, 0.15) is 5.82 Å². The molecule has 0 N–H and O–H groups in total. The van der Waals surface area contributed by atoms with Crippen molar-refractivity contribution in [2.75, 3.05) is 0 Å². The fourth-order valence-corrected chi connectivity index (χ4v) is 8.23. The van der Waals surface area contributed by atoms with Gasteiger partial charge in [-0.05, 0) is 95.1 Å². The summed E-state index contributed by atoms with van der Waals surface area (Å²) in [5.41, 5.74) is 7.28. The van der Waals surface area contributed by atoms with Crippen LogP contribution in [-0.4, -0.2) is 27.7 Å². The molecule has 9 heteroatoms. The van der Waals surface area contributed by atoms with Crippen LogP contribution >= 0.6 is 0 Å². The molecule has 0 bridgehead atoms. The second-order valence-corrected chi connectivity index (χ2v) is 16.0. The topological polar surface area (TPSA) is 79.0 Å². The molecule has 0 aliphatic rings. The molecule has 0 aliphatic carbocycles. The molecule has 3 heterocycles. The number of aryl methyl sites for hydroxylation is 2. The normalized spacial score (nSPS) is 11.9. The third-order valence-electron chi connectivity index (χ3n) is 9.36. The molecule has 53 heavy (non-hydrogen) atoms. The molecule has 0 aliphatic heterocycles. The molecule has 0 fully saturated rings. The van der Waals surface area contributed by atoms with Gasteiger partial charge in [0, 0.05) is 35.0 Å². The van der Waals surface area contributed by atoms with Crippen molar-refractivity contribution in [3.8, 4) is 34.1 Å². The van der Waals surface area contributed by atoms with E-state index in [0.29, 0.717) is 17.2 Å². The number of hydrogen-bond donors (Lipinski definition) is 0. The molecule has 0 unspecified atom stereocenters. The Labute approximate surface area is 324 Å². The van der Waals surface area contributed by atoms with Gasteiger partial charge in [0.05, 0.1) is 16.0 Å². The van der Waals surface area contributed by atoms with E-state index in [1.165, 1.54) is 5.56 Å². The minimum absolute atomic E-state index is 0. The van der Waals surface area contributed by atoms with Gasteiger partial charge in [-0.1, -0.05) is 62.7 Å². The first-order valence-corrected chi connectivity index (χ1v) is 18.5. The van der Waals surface area contributed by atoms with E-state index in [1.807, 2.05) is 62.6 Å². The Kier molecular flexibility index (Phi) is 9.47. The Hall–Kier alpha value is -5.30. The van der Waals surface area contributed by atoms with Crippen molar-refractivity contribution in [1.82, 2.24) is 19.3 Å². The van der Waals surface area contributed by atoms with Crippen LogP contribution in [0.5, 0.6) is 11.5 Å². The smallest absolute Gasteiger partial charge is 0.509 e. The van der Waals surface area contributed by atoms with E-state index in [0.717, 1.165) is 49.9 Å². The fourth-order valence-electron chi connectivity index (χ4n) is 6.78. The van der Waals surface area contributed by atoms with Crippen LogP contribution < -0.4 is 4.74 Å². The molecule has 8 aromatic rings. The van der Waals surface area contributed by atoms with E-state index in [1.54, 1.807) is 53.3 Å². The molecule has 0 amide bonds. The summed E-state index contributed by atoms with van der Waals surface area (Å²) in [6, 6.07) is 41.0. The maximum Gasteiger partial charge on any atom is 2.00 e. The summed E-state index contributed by atoms with van der Waals surface area (Å²) >= 11 is 0. The molecule has 7 nitrogen and oxygen atoms in total. The van der Waals surface area contributed by atoms with E-state index in [2.05, 4.69) is 72.9 Å². The largest absolute Gasteiger partial charge is 2.00 e. The van der Waals surface area contributed by atoms with Crippen molar-refractivity contribution in [2.24, 2.45) is 0 Å². The first kappa shape index (κ1) is 36.1. The Balaban J connectivity index is 0.00000435. The summed E-state index contributed by atoms with van der Waals surface area (Å²) in [5.74, 6) is 1.89. The van der Waals surface area contributed by atoms with Gasteiger partial charge in [-0.25, -0.2) is 13.4 Å². The average molecular weight is 896 g/mol. The SMILES string of the molecule is Cc1cc(S(=O)(=O)c2ccccc2)cc(C)c1-c1cnn(-c2[c-]c(Oc3[c-]c4c(cc3)c3ccccc3n4-c3cc(C(C)(C)C)ccn3)ccc2)c1.[Pt+2]. The van der Waals surface area contributed by atoms with Crippen LogP contribution in [-0.2, 0) is 36.3 Å². The van der Waals surface area contributed by atoms with E-state index in [4.69, 9.17) is 9.72 Å². The standard InChI is InChI=1S/C44H36N4O3S.Pt/c1-29-22-37(52(49,50)36-14-7-6-8-15-36)23-30(2)43(29)31-27-46-47(28-31)33-12-11-13-34(25-33)51-35-18-19-39-38-16-9-10-17-40(38)48(41(39)26-35)42-24-32(20-21-45-42)44(3,4)5;/h6-24,27-28H,1-5H3;/q-2;+2. The molecule has 5 aromatic carbocycles. The van der Waals surface area contributed by atoms with Crippen LogP contribution in [0.4, 0.5) is 0 Å². The van der Waals surface area contributed by atoms with Gasteiger partial charge in [0.15, 0.2) is 0 Å². The van der Waals surface area contributed by atoms with Crippen LogP contribution in [0, 0.1) is 26.0 Å². The zero-order valence-electron chi connectivity index (χ0n) is 29.9. The summed E-state index contributed by atoms with van der Waals surface area (Å²) in [7, 11) is -3.64. The van der Waals surface area contributed by atoms with Crippen molar-refractivity contribution in [3.63, 3.8) is 0 Å². The van der Waals surface area contributed by atoms with Crippen LogP contribution in [0.25, 0.3) is 44.4 Å². The third-order valence-corrected chi connectivity index (χ3v) is 11.1. The maximum absolute atomic E-state index is 13.3. The number of para-hydroxylation sites is 1. The molecular formula is C44H36N4O3PtS. The molecular weight excluding hydrogens is 860 g/mol. The average Bonchev–Trinajstić information content (AvgIpc) is 3.75. The summed E-state index contributed by atoms with van der Waals surface area (Å²) in [5, 5.41) is 6.81. The fraction of sp³-hybridized carbons (Fsp3) is 0.136. The van der Waals surface area contributed by atoms with Crippen LogP contribution in [0.15, 0.2) is 138 Å². The molecule has 0 saturated heterocycles. The van der Waals surface area contributed by atoms with Gasteiger partial charge >= 0.3 is 21.1 Å². The summed E-state index contributed by atoms with van der Waals surface area (Å²) < 4.78 is 36.9. The number of aromatic nitrogens is 4. The molecule has 3 aromatic heterocycles. The Morgan fingerprint density at radius 2 is 1.45 bits per heavy atom. The van der Waals surface area contributed by atoms with Crippen molar-refractivity contribution in [2.45, 2.75) is 49.8 Å². The quantitative estimate of drug-likeness (QED) is 0.149. The summed E-state index contributed by atoms with van der Waals surface area (Å²) in [4.78, 5) is 5.32. The number of fused-ring (bicyclic) bond motifs is 3. The number of ether oxygens (including phenoxy) is 1. The second-order valence-electron chi connectivity index (χ2n) is 14.0. The maximum atomic E-state index is 13.3. The molecule has 0 radical (unpaired) electrons. The predicted molar refractivity (Wildman–Crippen MR) is 205 cm³/mol. The third kappa shape index (κ3) is 6.74. The Morgan fingerprint density at radius 1 is 0.736 bits per heavy atom. The number of sulfone groups is 1. The van der Waals surface area contributed by atoms with Gasteiger partial charge in [-0.2, -0.15) is 17.2 Å². The number of nitrogens with zero attached hydrogens (tertiary/aromatic N) is 4. The number of hydrogen-bond acceptors (Lipinski definition) is 5. The molecule has 8 rings (SSSR count). The van der Waals surface area contributed by atoms with Crippen molar-refractivity contribution in [3.05, 3.63) is 157 Å². The van der Waals surface area contributed by atoms with Gasteiger partial charge in [0.2, 0.25) is 9.84 Å².